The monoisotopic (exact) mass is 609 g/mol. The number of nitrogens with one attached hydrogen (secondary N) is 2. The van der Waals surface area contributed by atoms with Crippen LogP contribution < -0.4 is 21.4 Å². The van der Waals surface area contributed by atoms with Gasteiger partial charge in [0.1, 0.15) is 22.9 Å². The molecule has 3 unspecified atom stereocenters. The summed E-state index contributed by atoms with van der Waals surface area (Å²) < 4.78 is 12.0. The molecule has 210 valence electrons. The molecule has 0 bridgehead atoms. The maximum atomic E-state index is 6.77. The second kappa shape index (κ2) is 10.5. The largest absolute Gasteiger partial charge is 0.471 e. The summed E-state index contributed by atoms with van der Waals surface area (Å²) in [7, 11) is 1.83. The maximum Gasteiger partial charge on any atom is 0.189 e. The van der Waals surface area contributed by atoms with Gasteiger partial charge >= 0.3 is 0 Å². The molecule has 7 rings (SSSR count). The number of pyridine rings is 1. The SMILES string of the molecule is CN1NN=C(c2ccc(C3CC3c3ccc(OC(N)c4c(-c5c(Cl)cccc5Cl)noc4C4CC4)cc3Cl)cn2)N1. The van der Waals surface area contributed by atoms with Crippen molar-refractivity contribution in [2.24, 2.45) is 10.8 Å². The molecule has 0 amide bonds. The summed E-state index contributed by atoms with van der Waals surface area (Å²) in [4.78, 5) is 4.59. The molecule has 3 atom stereocenters. The molecule has 2 aromatic heterocycles. The first-order chi connectivity index (χ1) is 19.9. The van der Waals surface area contributed by atoms with Crippen molar-refractivity contribution in [3.63, 3.8) is 0 Å². The maximum absolute atomic E-state index is 6.77. The third-order valence-electron chi connectivity index (χ3n) is 7.66. The van der Waals surface area contributed by atoms with Crippen LogP contribution in [0.15, 0.2) is 64.4 Å². The number of benzene rings is 2. The smallest absolute Gasteiger partial charge is 0.189 e. The molecule has 2 aliphatic carbocycles. The first-order valence-corrected chi connectivity index (χ1v) is 14.5. The van der Waals surface area contributed by atoms with Gasteiger partial charge in [0.15, 0.2) is 12.1 Å². The topological polar surface area (TPSA) is 114 Å². The predicted molar refractivity (Wildman–Crippen MR) is 158 cm³/mol. The molecule has 0 radical (unpaired) electrons. The molecule has 0 saturated heterocycles. The molecule has 2 saturated carbocycles. The Morgan fingerprint density at radius 1 is 1.05 bits per heavy atom. The summed E-state index contributed by atoms with van der Waals surface area (Å²) in [5, 5.41) is 11.7. The van der Waals surface area contributed by atoms with Gasteiger partial charge in [-0.2, -0.15) is 0 Å². The van der Waals surface area contributed by atoms with Crippen LogP contribution in [-0.4, -0.2) is 28.1 Å². The minimum absolute atomic E-state index is 0.254. The summed E-state index contributed by atoms with van der Waals surface area (Å²) in [6, 6.07) is 15.1. The number of aromatic nitrogens is 2. The second-order valence-electron chi connectivity index (χ2n) is 10.6. The van der Waals surface area contributed by atoms with E-state index in [2.05, 4.69) is 32.3 Å². The van der Waals surface area contributed by atoms with Gasteiger partial charge in [0.05, 0.1) is 15.6 Å². The van der Waals surface area contributed by atoms with Crippen LogP contribution in [0.5, 0.6) is 5.75 Å². The van der Waals surface area contributed by atoms with Crippen LogP contribution in [0, 0.1) is 0 Å². The zero-order valence-electron chi connectivity index (χ0n) is 21.9. The Balaban J connectivity index is 1.08. The molecule has 2 fully saturated rings. The van der Waals surface area contributed by atoms with Crippen LogP contribution in [0.2, 0.25) is 15.1 Å². The number of hydrogen-bond acceptors (Lipinski definition) is 9. The Labute approximate surface area is 251 Å². The van der Waals surface area contributed by atoms with Crippen molar-refractivity contribution in [1.29, 1.82) is 0 Å². The van der Waals surface area contributed by atoms with E-state index >= 15 is 0 Å². The fourth-order valence-corrected chi connectivity index (χ4v) is 6.22. The zero-order chi connectivity index (χ0) is 28.2. The standard InChI is InChI=1S/C29H26Cl3N7O2/c1-39-36-29(35-38-39)23-10-7-15(13-34-23)18-12-19(18)17-9-8-16(11-22(17)32)40-28(33)25-26(37-41-27(25)14-5-6-14)24-20(30)3-2-4-21(24)31/h2-4,7-11,13-14,18-19,28,38H,5-6,12,33H2,1H3,(H,35,36). The third kappa shape index (κ3) is 5.13. The van der Waals surface area contributed by atoms with E-state index in [9.17, 15) is 0 Å². The van der Waals surface area contributed by atoms with Gasteiger partial charge in [-0.05, 0) is 72.6 Å². The van der Waals surface area contributed by atoms with Crippen LogP contribution in [0.3, 0.4) is 0 Å². The van der Waals surface area contributed by atoms with Gasteiger partial charge in [0, 0.05) is 29.7 Å². The molecule has 41 heavy (non-hydrogen) atoms. The first kappa shape index (κ1) is 26.6. The normalized spacial score (nSPS) is 20.8. The molecular weight excluding hydrogens is 585 g/mol. The first-order valence-electron chi connectivity index (χ1n) is 13.3. The van der Waals surface area contributed by atoms with E-state index in [1.165, 1.54) is 5.56 Å². The number of hydrazone groups is 1. The van der Waals surface area contributed by atoms with Crippen molar-refractivity contribution in [2.45, 2.75) is 43.2 Å². The molecule has 12 heteroatoms. The van der Waals surface area contributed by atoms with Crippen LogP contribution in [0.1, 0.15) is 71.4 Å². The second-order valence-corrected chi connectivity index (χ2v) is 11.8. The zero-order valence-corrected chi connectivity index (χ0v) is 24.2. The van der Waals surface area contributed by atoms with Gasteiger partial charge in [-0.1, -0.05) is 58.2 Å². The summed E-state index contributed by atoms with van der Waals surface area (Å²) in [5.41, 5.74) is 17.3. The van der Waals surface area contributed by atoms with Crippen molar-refractivity contribution in [1.82, 2.24) is 26.2 Å². The average Bonchev–Trinajstić information content (AvgIpc) is 3.87. The van der Waals surface area contributed by atoms with Crippen LogP contribution in [0.4, 0.5) is 0 Å². The lowest BCUT2D eigenvalue weighted by Gasteiger charge is -2.17. The quantitative estimate of drug-likeness (QED) is 0.194. The van der Waals surface area contributed by atoms with Gasteiger partial charge in [-0.25, -0.2) is 5.53 Å². The number of rotatable bonds is 8. The Morgan fingerprint density at radius 3 is 2.51 bits per heavy atom. The van der Waals surface area contributed by atoms with E-state index in [4.69, 9.17) is 49.8 Å². The minimum atomic E-state index is -0.853. The molecule has 0 spiro atoms. The van der Waals surface area contributed by atoms with E-state index in [1.807, 2.05) is 37.5 Å². The molecule has 1 aliphatic heterocycles. The Morgan fingerprint density at radius 2 is 1.85 bits per heavy atom. The Hall–Kier alpha value is -3.34. The van der Waals surface area contributed by atoms with Crippen molar-refractivity contribution in [3.05, 3.63) is 97.9 Å². The number of nitrogens with zero attached hydrogens (tertiary/aromatic N) is 4. The number of hydrazine groups is 2. The van der Waals surface area contributed by atoms with Crippen LogP contribution >= 0.6 is 34.8 Å². The number of amidine groups is 1. The lowest BCUT2D eigenvalue weighted by atomic mass is 10.0. The van der Waals surface area contributed by atoms with Gasteiger partial charge in [-0.15, -0.1) is 10.2 Å². The molecule has 4 N–H and O–H groups in total. The van der Waals surface area contributed by atoms with E-state index < -0.39 is 6.23 Å². The van der Waals surface area contributed by atoms with Crippen molar-refractivity contribution >= 4 is 40.6 Å². The molecule has 3 heterocycles. The van der Waals surface area contributed by atoms with E-state index in [1.54, 1.807) is 23.3 Å². The third-order valence-corrected chi connectivity index (χ3v) is 8.61. The van der Waals surface area contributed by atoms with Gasteiger partial charge in [0.2, 0.25) is 0 Å². The molecule has 3 aliphatic rings. The van der Waals surface area contributed by atoms with Crippen molar-refractivity contribution in [3.8, 4) is 17.0 Å². The number of halogens is 3. The molecule has 2 aromatic carbocycles. The average molecular weight is 611 g/mol. The Bertz CT molecular complexity index is 1630. The van der Waals surface area contributed by atoms with E-state index in [-0.39, 0.29) is 5.92 Å². The van der Waals surface area contributed by atoms with E-state index in [0.717, 1.165) is 30.5 Å². The van der Waals surface area contributed by atoms with Crippen LogP contribution in [0.25, 0.3) is 11.3 Å². The lowest BCUT2D eigenvalue weighted by molar-refractivity contribution is 0.211. The molecule has 9 nitrogen and oxygen atoms in total. The number of nitrogens with two attached hydrogens (primary N) is 1. The molecular formula is C29H26Cl3N7O2. The van der Waals surface area contributed by atoms with Gasteiger partial charge in [-0.3, -0.25) is 16.1 Å². The van der Waals surface area contributed by atoms with Crippen molar-refractivity contribution < 1.29 is 9.26 Å². The summed E-state index contributed by atoms with van der Waals surface area (Å²) >= 11 is 19.8. The number of hydrogen-bond donors (Lipinski definition) is 3. The fraction of sp³-hybridized carbons (Fsp3) is 0.276. The summed E-state index contributed by atoms with van der Waals surface area (Å²) in [5.74, 6) is 2.86. The number of ether oxygens (including phenoxy) is 1. The minimum Gasteiger partial charge on any atom is -0.471 e. The molecule has 4 aromatic rings. The highest BCUT2D eigenvalue weighted by Crippen LogP contribution is 2.56. The highest BCUT2D eigenvalue weighted by Gasteiger charge is 2.41. The van der Waals surface area contributed by atoms with Crippen LogP contribution in [-0.2, 0) is 0 Å². The van der Waals surface area contributed by atoms with Gasteiger partial charge in [0.25, 0.3) is 0 Å². The fourth-order valence-electron chi connectivity index (χ4n) is 5.34. The Kier molecular flexibility index (Phi) is 6.79. The predicted octanol–water partition coefficient (Wildman–Crippen LogP) is 6.50. The van der Waals surface area contributed by atoms with E-state index in [0.29, 0.717) is 61.1 Å². The van der Waals surface area contributed by atoms with Gasteiger partial charge < -0.3 is 9.26 Å². The lowest BCUT2D eigenvalue weighted by Crippen LogP contribution is -2.37. The van der Waals surface area contributed by atoms with Crippen molar-refractivity contribution in [2.75, 3.05) is 7.05 Å². The summed E-state index contributed by atoms with van der Waals surface area (Å²) in [6.45, 7) is 0. The summed E-state index contributed by atoms with van der Waals surface area (Å²) in [6.07, 6.45) is 4.07. The highest BCUT2D eigenvalue weighted by molar-refractivity contribution is 6.39. The highest BCUT2D eigenvalue weighted by atomic mass is 35.5.